The summed E-state index contributed by atoms with van der Waals surface area (Å²) in [5.41, 5.74) is 2.71. The summed E-state index contributed by atoms with van der Waals surface area (Å²) in [6.45, 7) is 2.63. The number of aromatic nitrogens is 2. The van der Waals surface area contributed by atoms with Gasteiger partial charge in [-0.2, -0.15) is 0 Å². The summed E-state index contributed by atoms with van der Waals surface area (Å²) in [4.78, 5) is 4.21. The Morgan fingerprint density at radius 3 is 2.90 bits per heavy atom. The van der Waals surface area contributed by atoms with Crippen molar-refractivity contribution in [3.8, 4) is 0 Å². The topological polar surface area (TPSA) is 39.1 Å². The monoisotopic (exact) mass is 277 g/mol. The fraction of sp³-hybridized carbons (Fsp3) is 0.688. The molecule has 0 bridgehead atoms. The molecule has 0 aromatic carbocycles. The van der Waals surface area contributed by atoms with E-state index in [1.165, 1.54) is 43.4 Å². The molecule has 1 heterocycles. The third kappa shape index (κ3) is 4.46. The van der Waals surface area contributed by atoms with E-state index < -0.39 is 0 Å². The van der Waals surface area contributed by atoms with Crippen molar-refractivity contribution in [2.24, 2.45) is 13.0 Å². The van der Waals surface area contributed by atoms with Crippen molar-refractivity contribution in [3.05, 3.63) is 23.8 Å². The summed E-state index contributed by atoms with van der Waals surface area (Å²) < 4.78 is 7.18. The van der Waals surface area contributed by atoms with E-state index in [9.17, 15) is 0 Å². The predicted molar refractivity (Wildman–Crippen MR) is 82.5 cm³/mol. The fourth-order valence-corrected chi connectivity index (χ4v) is 2.89. The molecule has 1 aliphatic rings. The highest BCUT2D eigenvalue weighted by atomic mass is 16.5. The molecule has 4 heteroatoms. The normalized spacial score (nSPS) is 17.6. The van der Waals surface area contributed by atoms with Gasteiger partial charge in [-0.25, -0.2) is 4.98 Å². The lowest BCUT2D eigenvalue weighted by atomic mass is 9.83. The van der Waals surface area contributed by atoms with Crippen molar-refractivity contribution in [2.45, 2.75) is 32.1 Å². The second kappa shape index (κ2) is 8.22. The van der Waals surface area contributed by atoms with Gasteiger partial charge in [0.2, 0.25) is 0 Å². The molecule has 0 amide bonds. The maximum Gasteiger partial charge on any atom is 0.0948 e. The summed E-state index contributed by atoms with van der Waals surface area (Å²) in [5.74, 6) is 0.730. The first-order valence-corrected chi connectivity index (χ1v) is 7.67. The average molecular weight is 277 g/mol. The van der Waals surface area contributed by atoms with Crippen molar-refractivity contribution in [1.29, 1.82) is 0 Å². The van der Waals surface area contributed by atoms with Gasteiger partial charge < -0.3 is 14.6 Å². The number of nitrogens with zero attached hydrogens (tertiary/aromatic N) is 2. The van der Waals surface area contributed by atoms with Gasteiger partial charge in [0.15, 0.2) is 0 Å². The average Bonchev–Trinajstić information content (AvgIpc) is 2.88. The first kappa shape index (κ1) is 15.3. The Balaban J connectivity index is 2.02. The highest BCUT2D eigenvalue weighted by Crippen LogP contribution is 2.30. The highest BCUT2D eigenvalue weighted by Gasteiger charge is 2.17. The molecule has 20 heavy (non-hydrogen) atoms. The molecule has 0 spiro atoms. The Labute approximate surface area is 122 Å². The van der Waals surface area contributed by atoms with Crippen LogP contribution in [0.3, 0.4) is 0 Å². The lowest BCUT2D eigenvalue weighted by Crippen LogP contribution is -2.25. The first-order valence-electron chi connectivity index (χ1n) is 7.67. The Kier molecular flexibility index (Phi) is 6.27. The van der Waals surface area contributed by atoms with Crippen LogP contribution in [0.5, 0.6) is 0 Å². The van der Waals surface area contributed by atoms with E-state index in [4.69, 9.17) is 4.74 Å². The summed E-state index contributed by atoms with van der Waals surface area (Å²) >= 11 is 0. The number of imidazole rings is 1. The number of ether oxygens (including phenoxy) is 1. The minimum absolute atomic E-state index is 0.730. The van der Waals surface area contributed by atoms with Gasteiger partial charge in [-0.3, -0.25) is 0 Å². The quantitative estimate of drug-likeness (QED) is 0.779. The Morgan fingerprint density at radius 1 is 1.45 bits per heavy atom. The van der Waals surface area contributed by atoms with Gasteiger partial charge in [-0.15, -0.1) is 0 Å². The van der Waals surface area contributed by atoms with Crippen molar-refractivity contribution in [2.75, 3.05) is 26.8 Å². The molecular formula is C16H27N3O. The van der Waals surface area contributed by atoms with E-state index >= 15 is 0 Å². The van der Waals surface area contributed by atoms with Gasteiger partial charge in [0.1, 0.15) is 0 Å². The molecule has 1 N–H and O–H groups in total. The maximum absolute atomic E-state index is 5.10. The lowest BCUT2D eigenvalue weighted by Gasteiger charge is -2.25. The zero-order valence-corrected chi connectivity index (χ0v) is 12.8. The van der Waals surface area contributed by atoms with Gasteiger partial charge in [0.05, 0.1) is 24.8 Å². The minimum Gasteiger partial charge on any atom is -0.383 e. The fourth-order valence-electron chi connectivity index (χ4n) is 2.89. The van der Waals surface area contributed by atoms with E-state index in [1.807, 2.05) is 12.5 Å². The summed E-state index contributed by atoms with van der Waals surface area (Å²) in [7, 11) is 3.80. The number of nitrogens with one attached hydrogen (secondary N) is 1. The van der Waals surface area contributed by atoms with E-state index in [1.54, 1.807) is 7.11 Å². The molecule has 0 unspecified atom stereocenters. The Morgan fingerprint density at radius 2 is 2.25 bits per heavy atom. The van der Waals surface area contributed by atoms with Gasteiger partial charge in [-0.05, 0) is 24.8 Å². The Hall–Kier alpha value is -1.13. The molecule has 1 aromatic rings. The number of hydrogen-bond donors (Lipinski definition) is 1. The Bertz CT molecular complexity index is 419. The number of rotatable bonds is 7. The van der Waals surface area contributed by atoms with Crippen LogP contribution >= 0.6 is 0 Å². The van der Waals surface area contributed by atoms with Gasteiger partial charge in [0.25, 0.3) is 0 Å². The lowest BCUT2D eigenvalue weighted by molar-refractivity contribution is 0.200. The van der Waals surface area contributed by atoms with Crippen LogP contribution < -0.4 is 5.32 Å². The number of hydrogen-bond acceptors (Lipinski definition) is 3. The van der Waals surface area contributed by atoms with E-state index in [0.29, 0.717) is 0 Å². The molecule has 1 aromatic heterocycles. The van der Waals surface area contributed by atoms with Gasteiger partial charge >= 0.3 is 0 Å². The molecule has 2 rings (SSSR count). The van der Waals surface area contributed by atoms with Crippen LogP contribution in [0.2, 0.25) is 0 Å². The molecule has 0 saturated heterocycles. The third-order valence-electron chi connectivity index (χ3n) is 4.13. The third-order valence-corrected chi connectivity index (χ3v) is 4.13. The summed E-state index contributed by atoms with van der Waals surface area (Å²) in [5, 5.41) is 3.49. The zero-order chi connectivity index (χ0) is 14.2. The van der Waals surface area contributed by atoms with Crippen LogP contribution in [-0.2, 0) is 11.8 Å². The molecule has 1 fully saturated rings. The number of aryl methyl sites for hydroxylation is 1. The largest absolute Gasteiger partial charge is 0.383 e. The number of methoxy groups -OCH3 is 1. The second-order valence-corrected chi connectivity index (χ2v) is 5.65. The van der Waals surface area contributed by atoms with Gasteiger partial charge in [0, 0.05) is 27.2 Å². The second-order valence-electron chi connectivity index (χ2n) is 5.65. The van der Waals surface area contributed by atoms with Crippen LogP contribution in [-0.4, -0.2) is 36.4 Å². The van der Waals surface area contributed by atoms with Gasteiger partial charge in [-0.1, -0.05) is 24.8 Å². The van der Waals surface area contributed by atoms with Crippen molar-refractivity contribution in [3.63, 3.8) is 0 Å². The van der Waals surface area contributed by atoms with Crippen LogP contribution in [0, 0.1) is 5.92 Å². The smallest absolute Gasteiger partial charge is 0.0948 e. The molecule has 0 aliphatic heterocycles. The first-order chi connectivity index (χ1) is 9.81. The molecule has 4 nitrogen and oxygen atoms in total. The highest BCUT2D eigenvalue weighted by molar-refractivity contribution is 5.49. The van der Waals surface area contributed by atoms with Crippen LogP contribution in [0.1, 0.15) is 37.8 Å². The van der Waals surface area contributed by atoms with Crippen molar-refractivity contribution < 1.29 is 4.74 Å². The maximum atomic E-state index is 5.10. The summed E-state index contributed by atoms with van der Waals surface area (Å²) in [6.07, 6.45) is 12.9. The standard InChI is InChI=1S/C16H27N3O/c1-19-13-18-12-16(19)10-15(11-17-8-9-20-2)14-6-4-3-5-7-14/h10,12-14,17H,3-9,11H2,1-2H3. The minimum atomic E-state index is 0.730. The molecule has 1 aliphatic carbocycles. The molecule has 0 radical (unpaired) electrons. The van der Waals surface area contributed by atoms with Crippen LogP contribution in [0.25, 0.3) is 6.08 Å². The van der Waals surface area contributed by atoms with E-state index in [2.05, 4.69) is 28.0 Å². The zero-order valence-electron chi connectivity index (χ0n) is 12.8. The predicted octanol–water partition coefficient (Wildman–Crippen LogP) is 2.62. The SMILES string of the molecule is COCCNCC(=Cc1cncn1C)C1CCCCC1. The molecular weight excluding hydrogens is 250 g/mol. The van der Waals surface area contributed by atoms with Crippen LogP contribution in [0.4, 0.5) is 0 Å². The molecule has 0 atom stereocenters. The molecule has 1 saturated carbocycles. The van der Waals surface area contributed by atoms with Crippen molar-refractivity contribution >= 4 is 6.08 Å². The van der Waals surface area contributed by atoms with Crippen molar-refractivity contribution in [1.82, 2.24) is 14.9 Å². The molecule has 112 valence electrons. The summed E-state index contributed by atoms with van der Waals surface area (Å²) in [6, 6.07) is 0. The van der Waals surface area contributed by atoms with Crippen LogP contribution in [0.15, 0.2) is 18.1 Å². The van der Waals surface area contributed by atoms with E-state index in [-0.39, 0.29) is 0 Å². The van der Waals surface area contributed by atoms with E-state index in [0.717, 1.165) is 25.6 Å².